The summed E-state index contributed by atoms with van der Waals surface area (Å²) in [7, 11) is 4.63. The first-order valence-electron chi connectivity index (χ1n) is 10.9. The maximum atomic E-state index is 13.3. The van der Waals surface area contributed by atoms with Crippen LogP contribution in [0.1, 0.15) is 48.2 Å². The number of rotatable bonds is 8. The van der Waals surface area contributed by atoms with E-state index in [1.807, 2.05) is 36.0 Å². The Morgan fingerprint density at radius 1 is 1.03 bits per heavy atom. The fourth-order valence-corrected chi connectivity index (χ4v) is 5.56. The second-order valence-electron chi connectivity index (χ2n) is 7.85. The third kappa shape index (κ3) is 4.67. The summed E-state index contributed by atoms with van der Waals surface area (Å²) in [4.78, 5) is 13.3. The number of thioether (sulfide) groups is 1. The fourth-order valence-electron chi connectivity index (χ4n) is 4.20. The van der Waals surface area contributed by atoms with E-state index in [4.69, 9.17) is 18.6 Å². The van der Waals surface area contributed by atoms with Crippen LogP contribution >= 0.6 is 11.8 Å². The SMILES string of the molecule is COc1cc(NC(=O)c2oc3ccccc3c2CSC2CCCCC2)cc(OC)c1OC. The van der Waals surface area contributed by atoms with Crippen molar-refractivity contribution in [1.29, 1.82) is 0 Å². The van der Waals surface area contributed by atoms with E-state index >= 15 is 0 Å². The lowest BCUT2D eigenvalue weighted by Gasteiger charge is -2.20. The molecule has 1 fully saturated rings. The molecule has 0 radical (unpaired) electrons. The van der Waals surface area contributed by atoms with Gasteiger partial charge in [0.1, 0.15) is 5.58 Å². The van der Waals surface area contributed by atoms with Crippen molar-refractivity contribution >= 4 is 34.3 Å². The van der Waals surface area contributed by atoms with Gasteiger partial charge in [-0.2, -0.15) is 11.8 Å². The summed E-state index contributed by atoms with van der Waals surface area (Å²) >= 11 is 1.93. The van der Waals surface area contributed by atoms with Crippen molar-refractivity contribution in [3.05, 3.63) is 47.7 Å². The summed E-state index contributed by atoms with van der Waals surface area (Å²) < 4.78 is 22.2. The Morgan fingerprint density at radius 3 is 2.38 bits per heavy atom. The zero-order valence-corrected chi connectivity index (χ0v) is 19.6. The Morgan fingerprint density at radius 2 is 1.72 bits per heavy atom. The van der Waals surface area contributed by atoms with Gasteiger partial charge in [0.05, 0.1) is 21.3 Å². The van der Waals surface area contributed by atoms with Gasteiger partial charge in [0, 0.05) is 39.8 Å². The number of benzene rings is 2. The molecule has 6 nitrogen and oxygen atoms in total. The molecule has 4 rings (SSSR count). The van der Waals surface area contributed by atoms with E-state index in [-0.39, 0.29) is 5.91 Å². The number of hydrogen-bond acceptors (Lipinski definition) is 6. The van der Waals surface area contributed by atoms with E-state index in [0.717, 1.165) is 22.3 Å². The smallest absolute Gasteiger partial charge is 0.291 e. The highest BCUT2D eigenvalue weighted by molar-refractivity contribution is 7.99. The maximum Gasteiger partial charge on any atom is 0.291 e. The summed E-state index contributed by atoms with van der Waals surface area (Å²) in [5.41, 5.74) is 2.21. The predicted octanol–water partition coefficient (Wildman–Crippen LogP) is 6.28. The monoisotopic (exact) mass is 455 g/mol. The minimum Gasteiger partial charge on any atom is -0.493 e. The molecule has 1 saturated carbocycles. The Kier molecular flexibility index (Phi) is 7.15. The van der Waals surface area contributed by atoms with E-state index in [9.17, 15) is 4.79 Å². The molecule has 7 heteroatoms. The number of carbonyl (C=O) groups excluding carboxylic acids is 1. The Balaban J connectivity index is 1.62. The van der Waals surface area contributed by atoms with Crippen LogP contribution in [0.25, 0.3) is 11.0 Å². The number of hydrogen-bond donors (Lipinski definition) is 1. The van der Waals surface area contributed by atoms with Crippen LogP contribution in [-0.2, 0) is 5.75 Å². The third-order valence-electron chi connectivity index (χ3n) is 5.84. The van der Waals surface area contributed by atoms with Gasteiger partial charge in [-0.3, -0.25) is 4.79 Å². The number of anilines is 1. The molecular weight excluding hydrogens is 426 g/mol. The highest BCUT2D eigenvalue weighted by Crippen LogP contribution is 2.40. The summed E-state index contributed by atoms with van der Waals surface area (Å²) in [6, 6.07) is 11.2. The molecule has 0 atom stereocenters. The lowest BCUT2D eigenvalue weighted by Crippen LogP contribution is -2.14. The van der Waals surface area contributed by atoms with E-state index < -0.39 is 0 Å². The highest BCUT2D eigenvalue weighted by atomic mass is 32.2. The Hall–Kier alpha value is -2.80. The van der Waals surface area contributed by atoms with Gasteiger partial charge in [-0.1, -0.05) is 37.5 Å². The van der Waals surface area contributed by atoms with Crippen molar-refractivity contribution in [3.8, 4) is 17.2 Å². The molecule has 0 aliphatic heterocycles. The van der Waals surface area contributed by atoms with E-state index in [1.165, 1.54) is 32.1 Å². The predicted molar refractivity (Wildman–Crippen MR) is 128 cm³/mol. The first-order valence-corrected chi connectivity index (χ1v) is 11.9. The number of para-hydroxylation sites is 1. The number of nitrogens with one attached hydrogen (secondary N) is 1. The molecule has 3 aromatic rings. The van der Waals surface area contributed by atoms with Crippen molar-refractivity contribution in [2.45, 2.75) is 43.1 Å². The van der Waals surface area contributed by atoms with Crippen molar-refractivity contribution in [2.24, 2.45) is 0 Å². The largest absolute Gasteiger partial charge is 0.493 e. The molecule has 0 saturated heterocycles. The first kappa shape index (κ1) is 22.4. The summed E-state index contributed by atoms with van der Waals surface area (Å²) in [6.45, 7) is 0. The van der Waals surface area contributed by atoms with Crippen LogP contribution in [0.15, 0.2) is 40.8 Å². The molecule has 0 unspecified atom stereocenters. The Bertz CT molecular complexity index is 1060. The molecule has 1 amide bonds. The molecule has 32 heavy (non-hydrogen) atoms. The van der Waals surface area contributed by atoms with Gasteiger partial charge in [-0.25, -0.2) is 0 Å². The molecule has 2 aromatic carbocycles. The molecule has 0 bridgehead atoms. The second kappa shape index (κ2) is 10.2. The van der Waals surface area contributed by atoms with Gasteiger partial charge >= 0.3 is 0 Å². The summed E-state index contributed by atoms with van der Waals surface area (Å²) in [6.07, 6.45) is 6.39. The molecule has 1 aromatic heterocycles. The number of carbonyl (C=O) groups is 1. The normalized spacial score (nSPS) is 14.3. The number of amides is 1. The van der Waals surface area contributed by atoms with Crippen LogP contribution < -0.4 is 19.5 Å². The summed E-state index contributed by atoms with van der Waals surface area (Å²) in [5.74, 6) is 2.22. The van der Waals surface area contributed by atoms with Crippen molar-refractivity contribution in [3.63, 3.8) is 0 Å². The molecule has 1 aliphatic carbocycles. The number of furan rings is 1. The molecule has 1 N–H and O–H groups in total. The van der Waals surface area contributed by atoms with Crippen LogP contribution in [0.2, 0.25) is 0 Å². The number of fused-ring (bicyclic) bond motifs is 1. The van der Waals surface area contributed by atoms with Gasteiger partial charge in [0.2, 0.25) is 5.75 Å². The maximum absolute atomic E-state index is 13.3. The third-order valence-corrected chi connectivity index (χ3v) is 7.24. The summed E-state index contributed by atoms with van der Waals surface area (Å²) in [5, 5.41) is 4.57. The van der Waals surface area contributed by atoms with E-state index in [2.05, 4.69) is 5.32 Å². The van der Waals surface area contributed by atoms with Gasteiger partial charge < -0.3 is 23.9 Å². The van der Waals surface area contributed by atoms with Crippen LogP contribution in [0, 0.1) is 0 Å². The lowest BCUT2D eigenvalue weighted by atomic mass is 10.0. The molecular formula is C25H29NO5S. The quantitative estimate of drug-likeness (QED) is 0.431. The highest BCUT2D eigenvalue weighted by Gasteiger charge is 2.23. The van der Waals surface area contributed by atoms with Gasteiger partial charge in [0.15, 0.2) is 17.3 Å². The van der Waals surface area contributed by atoms with Crippen molar-refractivity contribution in [1.82, 2.24) is 0 Å². The van der Waals surface area contributed by atoms with Crippen molar-refractivity contribution < 1.29 is 23.4 Å². The molecule has 0 spiro atoms. The number of methoxy groups -OCH3 is 3. The first-order chi connectivity index (χ1) is 15.6. The van der Waals surface area contributed by atoms with Gasteiger partial charge in [-0.15, -0.1) is 0 Å². The topological polar surface area (TPSA) is 69.9 Å². The lowest BCUT2D eigenvalue weighted by molar-refractivity contribution is 0.0998. The molecule has 170 valence electrons. The van der Waals surface area contributed by atoms with Crippen LogP contribution in [-0.4, -0.2) is 32.5 Å². The standard InChI is InChI=1S/C25H29NO5S/c1-28-21-13-16(14-22(29-2)24(21)30-3)26-25(27)23-19(15-32-17-9-5-4-6-10-17)18-11-7-8-12-20(18)31-23/h7-8,11-14,17H,4-6,9-10,15H2,1-3H3,(H,26,27). The van der Waals surface area contributed by atoms with E-state index in [1.54, 1.807) is 33.5 Å². The molecule has 1 aliphatic rings. The zero-order chi connectivity index (χ0) is 22.5. The van der Waals surface area contributed by atoms with Crippen LogP contribution in [0.4, 0.5) is 5.69 Å². The minimum absolute atomic E-state index is 0.297. The van der Waals surface area contributed by atoms with Gasteiger partial charge in [-0.05, 0) is 18.9 Å². The average molecular weight is 456 g/mol. The van der Waals surface area contributed by atoms with E-state index in [0.29, 0.717) is 33.9 Å². The van der Waals surface area contributed by atoms with Crippen LogP contribution in [0.3, 0.4) is 0 Å². The van der Waals surface area contributed by atoms with Crippen molar-refractivity contribution in [2.75, 3.05) is 26.6 Å². The fraction of sp³-hybridized carbons (Fsp3) is 0.400. The van der Waals surface area contributed by atoms with Gasteiger partial charge in [0.25, 0.3) is 5.91 Å². The number of ether oxygens (including phenoxy) is 3. The average Bonchev–Trinajstić information content (AvgIpc) is 3.21. The van der Waals surface area contributed by atoms with Crippen LogP contribution in [0.5, 0.6) is 17.2 Å². The molecule has 1 heterocycles. The second-order valence-corrected chi connectivity index (χ2v) is 9.13. The zero-order valence-electron chi connectivity index (χ0n) is 18.7. The minimum atomic E-state index is -0.297. The Labute approximate surface area is 192 Å².